The van der Waals surface area contributed by atoms with Crippen LogP contribution in [0.1, 0.15) is 77.4 Å². The van der Waals surface area contributed by atoms with Crippen molar-refractivity contribution in [3.63, 3.8) is 0 Å². The molecule has 0 unspecified atom stereocenters. The fourth-order valence-electron chi connectivity index (χ4n) is 3.53. The van der Waals surface area contributed by atoms with Gasteiger partial charge < -0.3 is 19.9 Å². The standard InChI is InChI=1S/C20H37N5O2.HI/c1-5-21-19(22-13-9-17-24-18(16(3)4)25-27-17)23-15-20(10-7-8-11-20)12-14-26-6-2;/h16H,5-15H2,1-4H3,(H2,21,22,23);1H. The van der Waals surface area contributed by atoms with Crippen molar-refractivity contribution in [1.82, 2.24) is 20.8 Å². The second-order valence-corrected chi connectivity index (χ2v) is 7.73. The Labute approximate surface area is 186 Å². The van der Waals surface area contributed by atoms with Crippen LogP contribution in [0.25, 0.3) is 0 Å². The van der Waals surface area contributed by atoms with E-state index in [0.29, 0.717) is 17.7 Å². The number of ether oxygens (including phenoxy) is 1. The van der Waals surface area contributed by atoms with Crippen molar-refractivity contribution < 1.29 is 9.26 Å². The monoisotopic (exact) mass is 507 g/mol. The molecule has 0 radical (unpaired) electrons. The van der Waals surface area contributed by atoms with Crippen molar-refractivity contribution in [2.75, 3.05) is 32.8 Å². The summed E-state index contributed by atoms with van der Waals surface area (Å²) in [4.78, 5) is 9.31. The molecule has 0 saturated heterocycles. The summed E-state index contributed by atoms with van der Waals surface area (Å²) in [6.07, 6.45) is 6.91. The van der Waals surface area contributed by atoms with Gasteiger partial charge in [-0.05, 0) is 38.5 Å². The van der Waals surface area contributed by atoms with E-state index in [1.54, 1.807) is 0 Å². The fourth-order valence-corrected chi connectivity index (χ4v) is 3.53. The lowest BCUT2D eigenvalue weighted by molar-refractivity contribution is 0.107. The van der Waals surface area contributed by atoms with E-state index in [9.17, 15) is 0 Å². The Bertz CT molecular complexity index is 571. The zero-order valence-electron chi connectivity index (χ0n) is 17.9. The number of hydrogen-bond donors (Lipinski definition) is 2. The Morgan fingerprint density at radius 1 is 1.25 bits per heavy atom. The number of halogens is 1. The number of nitrogens with zero attached hydrogens (tertiary/aromatic N) is 3. The first kappa shape index (κ1) is 25.1. The van der Waals surface area contributed by atoms with Crippen LogP contribution in [-0.4, -0.2) is 48.9 Å². The second-order valence-electron chi connectivity index (χ2n) is 7.73. The van der Waals surface area contributed by atoms with Gasteiger partial charge in [-0.25, -0.2) is 0 Å². The topological polar surface area (TPSA) is 84.6 Å². The molecule has 2 N–H and O–H groups in total. The maximum Gasteiger partial charge on any atom is 0.228 e. The van der Waals surface area contributed by atoms with Crippen molar-refractivity contribution in [3.05, 3.63) is 11.7 Å². The molecule has 0 aliphatic heterocycles. The number of guanidine groups is 1. The first-order valence-electron chi connectivity index (χ1n) is 10.5. The third-order valence-electron chi connectivity index (χ3n) is 5.19. The van der Waals surface area contributed by atoms with Crippen LogP contribution < -0.4 is 10.6 Å². The van der Waals surface area contributed by atoms with Gasteiger partial charge in [-0.1, -0.05) is 31.8 Å². The van der Waals surface area contributed by atoms with Gasteiger partial charge in [-0.15, -0.1) is 24.0 Å². The van der Waals surface area contributed by atoms with Crippen LogP contribution in [0.15, 0.2) is 9.52 Å². The van der Waals surface area contributed by atoms with Gasteiger partial charge in [0.1, 0.15) is 0 Å². The lowest BCUT2D eigenvalue weighted by Gasteiger charge is -2.27. The zero-order valence-corrected chi connectivity index (χ0v) is 20.3. The van der Waals surface area contributed by atoms with Gasteiger partial charge in [0.2, 0.25) is 5.89 Å². The highest BCUT2D eigenvalue weighted by Crippen LogP contribution is 2.41. The van der Waals surface area contributed by atoms with E-state index < -0.39 is 0 Å². The molecule has 0 amide bonds. The molecule has 0 atom stereocenters. The van der Waals surface area contributed by atoms with E-state index in [0.717, 1.165) is 51.1 Å². The lowest BCUT2D eigenvalue weighted by atomic mass is 9.83. The molecule has 0 bridgehead atoms. The van der Waals surface area contributed by atoms with Crippen LogP contribution in [0.3, 0.4) is 0 Å². The van der Waals surface area contributed by atoms with Gasteiger partial charge in [0.25, 0.3) is 0 Å². The molecule has 0 spiro atoms. The summed E-state index contributed by atoms with van der Waals surface area (Å²) in [6.45, 7) is 12.3. The van der Waals surface area contributed by atoms with E-state index in [-0.39, 0.29) is 29.9 Å². The van der Waals surface area contributed by atoms with Crippen LogP contribution in [-0.2, 0) is 11.2 Å². The molecule has 2 rings (SSSR count). The quantitative estimate of drug-likeness (QED) is 0.205. The molecule has 0 aromatic carbocycles. The van der Waals surface area contributed by atoms with Crippen molar-refractivity contribution >= 4 is 29.9 Å². The highest BCUT2D eigenvalue weighted by molar-refractivity contribution is 14.0. The number of hydrogen-bond acceptors (Lipinski definition) is 5. The van der Waals surface area contributed by atoms with Crippen LogP contribution in [0, 0.1) is 5.41 Å². The summed E-state index contributed by atoms with van der Waals surface area (Å²) in [5.74, 6) is 2.59. The molecule has 8 heteroatoms. The van der Waals surface area contributed by atoms with Gasteiger partial charge in [0.15, 0.2) is 11.8 Å². The Morgan fingerprint density at radius 3 is 2.61 bits per heavy atom. The third kappa shape index (κ3) is 8.23. The Balaban J connectivity index is 0.00000392. The minimum atomic E-state index is 0. The Kier molecular flexibility index (Phi) is 12.0. The molecule has 1 aliphatic carbocycles. The van der Waals surface area contributed by atoms with Gasteiger partial charge in [0.05, 0.1) is 0 Å². The normalized spacial score (nSPS) is 16.2. The predicted octanol–water partition coefficient (Wildman–Crippen LogP) is 3.90. The average Bonchev–Trinajstić information content (AvgIpc) is 3.30. The number of nitrogens with one attached hydrogen (secondary N) is 2. The maximum absolute atomic E-state index is 5.60. The smallest absolute Gasteiger partial charge is 0.228 e. The van der Waals surface area contributed by atoms with E-state index >= 15 is 0 Å². The maximum atomic E-state index is 5.60. The van der Waals surface area contributed by atoms with Crippen molar-refractivity contribution in [2.24, 2.45) is 10.4 Å². The predicted molar refractivity (Wildman–Crippen MR) is 123 cm³/mol. The van der Waals surface area contributed by atoms with Gasteiger partial charge in [-0.3, -0.25) is 4.99 Å². The van der Waals surface area contributed by atoms with Gasteiger partial charge in [-0.2, -0.15) is 4.98 Å². The highest BCUT2D eigenvalue weighted by atomic mass is 127. The molecule has 7 nitrogen and oxygen atoms in total. The molecular weight excluding hydrogens is 469 g/mol. The SMILES string of the molecule is CCNC(=NCC1(CCOCC)CCCC1)NCCc1nc(C(C)C)no1.I. The molecule has 162 valence electrons. The fraction of sp³-hybridized carbons (Fsp3) is 0.850. The number of aliphatic imine (C=N–C) groups is 1. The average molecular weight is 507 g/mol. The minimum Gasteiger partial charge on any atom is -0.382 e. The molecule has 1 aromatic heterocycles. The van der Waals surface area contributed by atoms with Crippen molar-refractivity contribution in [2.45, 2.75) is 72.1 Å². The lowest BCUT2D eigenvalue weighted by Crippen LogP contribution is -2.39. The van der Waals surface area contributed by atoms with Gasteiger partial charge >= 0.3 is 0 Å². The number of rotatable bonds is 11. The summed E-state index contributed by atoms with van der Waals surface area (Å²) < 4.78 is 10.9. The molecule has 1 saturated carbocycles. The summed E-state index contributed by atoms with van der Waals surface area (Å²) in [5, 5.41) is 10.7. The summed E-state index contributed by atoms with van der Waals surface area (Å²) in [5.41, 5.74) is 0.302. The summed E-state index contributed by atoms with van der Waals surface area (Å²) >= 11 is 0. The molecule has 28 heavy (non-hydrogen) atoms. The third-order valence-corrected chi connectivity index (χ3v) is 5.19. The molecule has 1 fully saturated rings. The van der Waals surface area contributed by atoms with Crippen LogP contribution in [0.2, 0.25) is 0 Å². The summed E-state index contributed by atoms with van der Waals surface area (Å²) in [7, 11) is 0. The molecule has 1 heterocycles. The van der Waals surface area contributed by atoms with Crippen molar-refractivity contribution in [1.29, 1.82) is 0 Å². The Morgan fingerprint density at radius 2 is 2.00 bits per heavy atom. The largest absolute Gasteiger partial charge is 0.382 e. The van der Waals surface area contributed by atoms with E-state index in [1.165, 1.54) is 25.7 Å². The molecular formula is C20H38IN5O2. The van der Waals surface area contributed by atoms with E-state index in [4.69, 9.17) is 14.3 Å². The molecule has 1 aromatic rings. The second kappa shape index (κ2) is 13.3. The Hall–Kier alpha value is -0.900. The van der Waals surface area contributed by atoms with E-state index in [2.05, 4.69) is 48.5 Å². The highest BCUT2D eigenvalue weighted by Gasteiger charge is 2.33. The van der Waals surface area contributed by atoms with Gasteiger partial charge in [0, 0.05) is 45.2 Å². The summed E-state index contributed by atoms with van der Waals surface area (Å²) in [6, 6.07) is 0. The minimum absolute atomic E-state index is 0. The van der Waals surface area contributed by atoms with Crippen LogP contribution >= 0.6 is 24.0 Å². The first-order valence-corrected chi connectivity index (χ1v) is 10.5. The number of aromatic nitrogens is 2. The van der Waals surface area contributed by atoms with Crippen LogP contribution in [0.5, 0.6) is 0 Å². The van der Waals surface area contributed by atoms with Crippen molar-refractivity contribution in [3.8, 4) is 0 Å². The molecule has 1 aliphatic rings. The van der Waals surface area contributed by atoms with Crippen LogP contribution in [0.4, 0.5) is 0 Å². The zero-order chi connectivity index (χ0) is 19.5. The van der Waals surface area contributed by atoms with E-state index in [1.807, 2.05) is 0 Å². The first-order chi connectivity index (χ1) is 13.1.